The van der Waals surface area contributed by atoms with Gasteiger partial charge in [-0.1, -0.05) is 524 Å². The first-order valence-corrected chi connectivity index (χ1v) is 56.3. The number of rotatable bonds is 60. The molecule has 0 aromatic heterocycles. The summed E-state index contributed by atoms with van der Waals surface area (Å²) in [6.07, 6.45) is 72.1. The second kappa shape index (κ2) is 48.3. The van der Waals surface area contributed by atoms with Crippen molar-refractivity contribution in [1.29, 1.82) is 0 Å². The van der Waals surface area contributed by atoms with Crippen LogP contribution in [0.3, 0.4) is 0 Å². The van der Waals surface area contributed by atoms with E-state index in [9.17, 15) is 0 Å². The lowest BCUT2D eigenvalue weighted by atomic mass is 9.70. The van der Waals surface area contributed by atoms with Gasteiger partial charge in [-0.15, -0.1) is 0 Å². The van der Waals surface area contributed by atoms with Gasteiger partial charge in [0.1, 0.15) is 0 Å². The summed E-state index contributed by atoms with van der Waals surface area (Å²) in [5, 5.41) is 6.37. The highest BCUT2D eigenvalue weighted by Gasteiger charge is 2.53. The molecule has 5 heteroatoms. The van der Waals surface area contributed by atoms with E-state index in [1.54, 1.807) is 65.3 Å². The van der Waals surface area contributed by atoms with Gasteiger partial charge in [0.05, 0.1) is 0 Å². The number of hydrogen-bond acceptors (Lipinski definition) is 0. The molecule has 121 heavy (non-hydrogen) atoms. The Labute approximate surface area is 774 Å². The zero-order chi connectivity index (χ0) is 84.9. The maximum atomic E-state index is 4.24. The predicted molar refractivity (Wildman–Crippen MR) is 550 cm³/mol. The molecule has 0 radical (unpaired) electrons. The van der Waals surface area contributed by atoms with Crippen LogP contribution >= 0.6 is 63.7 Å². The Balaban J connectivity index is 1.22. The van der Waals surface area contributed by atoms with Gasteiger partial charge in [-0.3, -0.25) is 0 Å². The van der Waals surface area contributed by atoms with Gasteiger partial charge in [0.15, 0.2) is 8.07 Å². The molecule has 0 fully saturated rings. The summed E-state index contributed by atoms with van der Waals surface area (Å²) < 4.78 is 4.90. The third-order valence-electron chi connectivity index (χ3n) is 30.7. The topological polar surface area (TPSA) is 0 Å². The fourth-order valence-electron chi connectivity index (χ4n) is 24.1. The summed E-state index contributed by atoms with van der Waals surface area (Å²) in [6, 6.07) is 64.7. The molecule has 8 aromatic carbocycles. The Kier molecular flexibility index (Phi) is 38.4. The van der Waals surface area contributed by atoms with Gasteiger partial charge in [-0.2, -0.15) is 0 Å². The van der Waals surface area contributed by atoms with Crippen molar-refractivity contribution >= 4 is 92.5 Å². The van der Waals surface area contributed by atoms with Crippen LogP contribution in [0, 0.1) is 0 Å². The molecule has 0 aliphatic heterocycles. The molecule has 0 spiro atoms. The van der Waals surface area contributed by atoms with Crippen LogP contribution in [0.2, 0.25) is 0 Å². The van der Waals surface area contributed by atoms with Crippen molar-refractivity contribution in [3.63, 3.8) is 0 Å². The minimum Gasteiger partial charge on any atom is -0.0654 e. The fourth-order valence-corrected chi connectivity index (χ4v) is 30.3. The Morgan fingerprint density at radius 3 is 0.455 bits per heavy atom. The van der Waals surface area contributed by atoms with E-state index in [1.807, 2.05) is 0 Å². The number of unbranched alkanes of at least 4 members (excludes halogenated alkanes) is 40. The van der Waals surface area contributed by atoms with Gasteiger partial charge in [0.2, 0.25) is 0 Å². The smallest absolute Gasteiger partial charge is 0.0654 e. The van der Waals surface area contributed by atoms with E-state index in [0.29, 0.717) is 0 Å². The predicted octanol–water partition coefficient (Wildman–Crippen LogP) is 37.2. The molecule has 0 saturated heterocycles. The van der Waals surface area contributed by atoms with Crippen LogP contribution in [0.4, 0.5) is 0 Å². The summed E-state index contributed by atoms with van der Waals surface area (Å²) in [4.78, 5) is 0. The average Bonchev–Trinajstić information content (AvgIpc) is 1.58. The van der Waals surface area contributed by atoms with Gasteiger partial charge in [0.25, 0.3) is 0 Å². The molecule has 4 aliphatic rings. The second-order valence-electron chi connectivity index (χ2n) is 39.0. The quantitative estimate of drug-likeness (QED) is 0.0202. The third kappa shape index (κ3) is 22.3. The van der Waals surface area contributed by atoms with Crippen LogP contribution in [-0.4, -0.2) is 8.07 Å². The standard InChI is InChI=1S/C116H160Br4Si/c1-9-17-25-33-41-49-73-113(74-50-42-34-26-18-10-2)105-81-89(117)57-65-97(105)101-69-61-93(85-109(101)113)121(94-62-70-102-98-66-58-90(118)82-106(98)114(110(102)86-94,75-51-43-35-27-19-11-3)76-52-44-36-28-20-12-4,95-63-71-103-99-67-59-91(119)83-107(99)115(111(103)87-95,77-53-45-37-29-21-13-5)78-54-46-38-30-22-14-6)96-64-72-104-100-68-60-92(120)84-108(100)116(112(104)88-96,79-55-47-39-31-23-15-7)80-56-48-40-32-24-16-8/h57-72,81-88H,9-56,73-80H2,1-8H3. The molecule has 8 aromatic rings. The van der Waals surface area contributed by atoms with Gasteiger partial charge in [0, 0.05) is 39.6 Å². The number of hydrogen-bond donors (Lipinski definition) is 0. The molecular formula is C116H160Br4Si. The summed E-state index contributed by atoms with van der Waals surface area (Å²) in [5.74, 6) is 0. The maximum Gasteiger partial charge on any atom is 0.179 e. The summed E-state index contributed by atoms with van der Waals surface area (Å²) >= 11 is 17.0. The molecule has 12 rings (SSSR count). The van der Waals surface area contributed by atoms with Crippen molar-refractivity contribution in [2.45, 2.75) is 437 Å². The normalized spacial score (nSPS) is 14.6. The zero-order valence-corrected chi connectivity index (χ0v) is 84.8. The lowest BCUT2D eigenvalue weighted by Crippen LogP contribution is -2.75. The number of halogens is 4. The van der Waals surface area contributed by atoms with Crippen LogP contribution in [-0.2, 0) is 21.7 Å². The van der Waals surface area contributed by atoms with Crippen molar-refractivity contribution < 1.29 is 0 Å². The highest BCUT2D eigenvalue weighted by atomic mass is 79.9. The van der Waals surface area contributed by atoms with Crippen molar-refractivity contribution in [2.75, 3.05) is 0 Å². The SMILES string of the molecule is CCCCCCCCC1(CCCCCCCC)c2cc(Br)ccc2-c2ccc([Si](c3ccc4c(c3)C(CCCCCCCC)(CCCCCCCC)c3cc(Br)ccc3-4)(c3ccc4c(c3)C(CCCCCCCC)(CCCCCCCC)c3cc(Br)ccc3-4)c3ccc4c(c3)C(CCCCCCCC)(CCCCCCCC)c3cc(Br)ccc3-4)cc21. The van der Waals surface area contributed by atoms with Crippen LogP contribution in [0.5, 0.6) is 0 Å². The first-order valence-electron chi connectivity index (χ1n) is 51.1. The summed E-state index contributed by atoms with van der Waals surface area (Å²) in [5.41, 5.74) is 24.3. The molecule has 0 atom stereocenters. The Morgan fingerprint density at radius 1 is 0.165 bits per heavy atom. The van der Waals surface area contributed by atoms with Gasteiger partial charge >= 0.3 is 0 Å². The van der Waals surface area contributed by atoms with E-state index in [-0.39, 0.29) is 21.7 Å². The van der Waals surface area contributed by atoms with Crippen LogP contribution in [0.25, 0.3) is 44.5 Å². The van der Waals surface area contributed by atoms with E-state index in [4.69, 9.17) is 0 Å². The van der Waals surface area contributed by atoms with Crippen molar-refractivity contribution in [3.05, 3.63) is 208 Å². The maximum absolute atomic E-state index is 4.24. The first-order chi connectivity index (χ1) is 59.3. The van der Waals surface area contributed by atoms with Gasteiger partial charge in [-0.25, -0.2) is 0 Å². The molecule has 0 amide bonds. The van der Waals surface area contributed by atoms with Crippen molar-refractivity contribution in [1.82, 2.24) is 0 Å². The monoisotopic (exact) mass is 1900 g/mol. The van der Waals surface area contributed by atoms with E-state index >= 15 is 0 Å². The minimum absolute atomic E-state index is 0.136. The summed E-state index contributed by atoms with van der Waals surface area (Å²) in [6.45, 7) is 19.1. The number of benzene rings is 8. The number of fused-ring (bicyclic) bond motifs is 12. The molecule has 656 valence electrons. The molecule has 0 nitrogen and oxygen atoms in total. The molecular weight excluding hydrogens is 1740 g/mol. The Morgan fingerprint density at radius 2 is 0.298 bits per heavy atom. The van der Waals surface area contributed by atoms with E-state index in [2.05, 4.69) is 265 Å². The summed E-state index contributed by atoms with van der Waals surface area (Å²) in [7, 11) is -3.64. The van der Waals surface area contributed by atoms with Crippen LogP contribution in [0.1, 0.15) is 459 Å². The molecule has 0 heterocycles. The highest BCUT2D eigenvalue weighted by molar-refractivity contribution is 9.11. The lowest BCUT2D eigenvalue weighted by molar-refractivity contribution is 0.398. The third-order valence-corrected chi connectivity index (χ3v) is 37.4. The van der Waals surface area contributed by atoms with E-state index < -0.39 is 8.07 Å². The van der Waals surface area contributed by atoms with E-state index in [0.717, 1.165) is 0 Å². The van der Waals surface area contributed by atoms with Crippen molar-refractivity contribution in [2.24, 2.45) is 0 Å². The largest absolute Gasteiger partial charge is 0.179 e. The molecule has 0 bridgehead atoms. The first kappa shape index (κ1) is 96.0. The van der Waals surface area contributed by atoms with Crippen molar-refractivity contribution in [3.8, 4) is 44.5 Å². The van der Waals surface area contributed by atoms with Gasteiger partial charge in [-0.05, 0) is 210 Å². The minimum atomic E-state index is -3.64. The molecule has 0 N–H and O–H groups in total. The second-order valence-corrected chi connectivity index (χ2v) is 46.5. The Hall–Kier alpha value is -4.10. The zero-order valence-electron chi connectivity index (χ0n) is 77.5. The Bertz CT molecular complexity index is 3880. The highest BCUT2D eigenvalue weighted by Crippen LogP contribution is 2.60. The molecule has 0 unspecified atom stereocenters. The van der Waals surface area contributed by atoms with Crippen LogP contribution in [0.15, 0.2) is 163 Å². The molecule has 0 saturated carbocycles. The average molecular weight is 1900 g/mol. The van der Waals surface area contributed by atoms with Gasteiger partial charge < -0.3 is 0 Å². The fraction of sp³-hybridized carbons (Fsp3) is 0.586. The van der Waals surface area contributed by atoms with E-state index in [1.165, 1.54) is 422 Å². The molecule has 4 aliphatic carbocycles. The lowest BCUT2D eigenvalue weighted by Gasteiger charge is -2.40. The van der Waals surface area contributed by atoms with Crippen LogP contribution < -0.4 is 20.7 Å².